The highest BCUT2D eigenvalue weighted by Crippen LogP contribution is 2.39. The maximum absolute atomic E-state index is 9.75. The molecule has 0 aromatic heterocycles. The van der Waals surface area contributed by atoms with Gasteiger partial charge in [-0.2, -0.15) is 0 Å². The van der Waals surface area contributed by atoms with Gasteiger partial charge in [-0.25, -0.2) is 0 Å². The molecule has 0 aliphatic carbocycles. The van der Waals surface area contributed by atoms with Crippen LogP contribution in [-0.4, -0.2) is 12.4 Å². The summed E-state index contributed by atoms with van der Waals surface area (Å²) in [5.74, 6) is 0.959. The Balaban J connectivity index is 0. The lowest BCUT2D eigenvalue weighted by Gasteiger charge is -2.31. The second kappa shape index (κ2) is 15.5. The van der Waals surface area contributed by atoms with Crippen molar-refractivity contribution in [3.05, 3.63) is 0 Å². The molecule has 6 heteroatoms. The first-order valence-corrected chi connectivity index (χ1v) is 10.6. The monoisotopic (exact) mass is 374 g/mol. The average molecular weight is 374 g/mol. The number of hydrogen-bond donors (Lipinski definition) is 0. The summed E-state index contributed by atoms with van der Waals surface area (Å²) < 4.78 is 39.0. The fourth-order valence-corrected chi connectivity index (χ4v) is 3.79. The van der Waals surface area contributed by atoms with E-state index in [-0.39, 0.29) is 0 Å². The zero-order valence-electron chi connectivity index (χ0n) is 16.4. The molecule has 2 atom stereocenters. The second-order valence-corrected chi connectivity index (χ2v) is 8.34. The molecule has 0 N–H and O–H groups in total. The Labute approximate surface area is 150 Å². The van der Waals surface area contributed by atoms with Crippen molar-refractivity contribution in [2.75, 3.05) is 0 Å². The van der Waals surface area contributed by atoms with Crippen LogP contribution in [0, 0.1) is 5.92 Å². The minimum atomic E-state index is -6.00. The molecule has 2 unspecified atom stereocenters. The molecule has 0 fully saturated rings. The maximum atomic E-state index is 9.75. The molecule has 0 rings (SSSR count). The predicted molar refractivity (Wildman–Crippen MR) is 106 cm³/mol. The standard InChI is InChI=1S/C18H39P.BF4/c1-5-9-10-11-12-13-14-15-16-17(6-2)18(19,7-3)8-4;2-1(3,4)5/h17H,5-16,19H2,1-4H3;/q;-1/p+1. The van der Waals surface area contributed by atoms with Crippen molar-refractivity contribution in [1.82, 2.24) is 0 Å². The summed E-state index contributed by atoms with van der Waals surface area (Å²) in [6, 6.07) is 0. The molecule has 0 aromatic carbocycles. The van der Waals surface area contributed by atoms with E-state index in [1.807, 2.05) is 0 Å². The Morgan fingerprint density at radius 2 is 1.12 bits per heavy atom. The van der Waals surface area contributed by atoms with E-state index in [0.29, 0.717) is 5.16 Å². The quantitative estimate of drug-likeness (QED) is 0.133. The van der Waals surface area contributed by atoms with E-state index in [0.717, 1.165) is 5.92 Å². The van der Waals surface area contributed by atoms with Crippen molar-refractivity contribution < 1.29 is 17.3 Å². The molecule has 0 bridgehead atoms. The van der Waals surface area contributed by atoms with Gasteiger partial charge in [-0.15, -0.1) is 0 Å². The van der Waals surface area contributed by atoms with Crippen molar-refractivity contribution in [2.24, 2.45) is 5.92 Å². The molecule has 0 saturated carbocycles. The van der Waals surface area contributed by atoms with Crippen molar-refractivity contribution >= 4 is 16.5 Å². The molecule has 0 aromatic rings. The van der Waals surface area contributed by atoms with Crippen molar-refractivity contribution in [3.63, 3.8) is 0 Å². The van der Waals surface area contributed by atoms with E-state index < -0.39 is 7.25 Å². The number of halogens is 4. The van der Waals surface area contributed by atoms with E-state index in [4.69, 9.17) is 0 Å². The molecule has 0 spiro atoms. The summed E-state index contributed by atoms with van der Waals surface area (Å²) >= 11 is 0. The van der Waals surface area contributed by atoms with Crippen molar-refractivity contribution in [1.29, 1.82) is 0 Å². The molecule has 0 heterocycles. The van der Waals surface area contributed by atoms with Crippen molar-refractivity contribution in [3.8, 4) is 0 Å². The molecular formula is C18H40BF4P. The Hall–Kier alpha value is 0.215. The first kappa shape index (κ1) is 26.4. The van der Waals surface area contributed by atoms with E-state index >= 15 is 0 Å². The molecule has 148 valence electrons. The van der Waals surface area contributed by atoms with Crippen LogP contribution in [0.1, 0.15) is 105 Å². The van der Waals surface area contributed by atoms with Crippen LogP contribution < -0.4 is 0 Å². The van der Waals surface area contributed by atoms with Crippen LogP contribution in [0.4, 0.5) is 17.3 Å². The van der Waals surface area contributed by atoms with Crippen LogP contribution in [0.3, 0.4) is 0 Å². The fraction of sp³-hybridized carbons (Fsp3) is 1.00. The van der Waals surface area contributed by atoms with Gasteiger partial charge in [0.05, 0.1) is 5.16 Å². The third-order valence-electron chi connectivity index (χ3n) is 5.17. The Bertz CT molecular complexity index is 262. The van der Waals surface area contributed by atoms with E-state index in [9.17, 15) is 17.3 Å². The highest BCUT2D eigenvalue weighted by atomic mass is 31.0. The first-order valence-electron chi connectivity index (χ1n) is 9.87. The van der Waals surface area contributed by atoms with Crippen LogP contribution in [0.2, 0.25) is 0 Å². The minimum Gasteiger partial charge on any atom is -0.418 e. The van der Waals surface area contributed by atoms with Gasteiger partial charge >= 0.3 is 7.25 Å². The van der Waals surface area contributed by atoms with E-state index in [1.165, 1.54) is 77.0 Å². The maximum Gasteiger partial charge on any atom is 0.673 e. The lowest BCUT2D eigenvalue weighted by atomic mass is 9.81. The largest absolute Gasteiger partial charge is 0.673 e. The van der Waals surface area contributed by atoms with Gasteiger partial charge < -0.3 is 17.3 Å². The van der Waals surface area contributed by atoms with Gasteiger partial charge in [-0.05, 0) is 40.8 Å². The van der Waals surface area contributed by atoms with Gasteiger partial charge in [0.2, 0.25) is 0 Å². The van der Waals surface area contributed by atoms with Crippen LogP contribution >= 0.6 is 9.24 Å². The first-order chi connectivity index (χ1) is 11.1. The molecule has 0 saturated heterocycles. The van der Waals surface area contributed by atoms with Crippen molar-refractivity contribution in [2.45, 2.75) is 110 Å². The zero-order valence-corrected chi connectivity index (χ0v) is 17.8. The summed E-state index contributed by atoms with van der Waals surface area (Å²) in [6.07, 6.45) is 17.2. The zero-order chi connectivity index (χ0) is 19.1. The SMILES string of the molecule is CCCCCCCCCCC(CC)C([PH3+])(CC)CC.F[B-](F)(F)F. The highest BCUT2D eigenvalue weighted by Gasteiger charge is 2.33. The third kappa shape index (κ3) is 17.1. The van der Waals surface area contributed by atoms with Gasteiger partial charge in [0, 0.05) is 0 Å². The van der Waals surface area contributed by atoms with Crippen LogP contribution in [0.25, 0.3) is 0 Å². The third-order valence-corrected chi connectivity index (χ3v) is 6.75. The van der Waals surface area contributed by atoms with Gasteiger partial charge in [0.1, 0.15) is 0 Å². The Kier molecular flexibility index (Phi) is 17.0. The lowest BCUT2D eigenvalue weighted by Crippen LogP contribution is -2.29. The van der Waals surface area contributed by atoms with E-state index in [2.05, 4.69) is 36.9 Å². The molecule has 0 aliphatic heterocycles. The summed E-state index contributed by atoms with van der Waals surface area (Å²) in [5, 5.41) is 0.621. The fourth-order valence-electron chi connectivity index (χ4n) is 3.30. The normalized spacial score (nSPS) is 13.5. The van der Waals surface area contributed by atoms with Gasteiger partial charge in [0.15, 0.2) is 0 Å². The molecule has 0 amide bonds. The lowest BCUT2D eigenvalue weighted by molar-refractivity contribution is 0.313. The topological polar surface area (TPSA) is 0 Å². The summed E-state index contributed by atoms with van der Waals surface area (Å²) in [6.45, 7) is 9.45. The smallest absolute Gasteiger partial charge is 0.418 e. The van der Waals surface area contributed by atoms with Crippen LogP contribution in [0.15, 0.2) is 0 Å². The molecule has 24 heavy (non-hydrogen) atoms. The predicted octanol–water partition coefficient (Wildman–Crippen LogP) is 8.01. The average Bonchev–Trinajstić information content (AvgIpc) is 2.51. The molecule has 0 radical (unpaired) electrons. The number of hydrogen-bond acceptors (Lipinski definition) is 0. The van der Waals surface area contributed by atoms with Gasteiger partial charge in [0.25, 0.3) is 0 Å². The van der Waals surface area contributed by atoms with Crippen LogP contribution in [-0.2, 0) is 0 Å². The van der Waals surface area contributed by atoms with Crippen LogP contribution in [0.5, 0.6) is 0 Å². The van der Waals surface area contributed by atoms with Gasteiger partial charge in [-0.1, -0.05) is 79.1 Å². The van der Waals surface area contributed by atoms with Gasteiger partial charge in [-0.3, -0.25) is 0 Å². The Morgan fingerprint density at radius 1 is 0.750 bits per heavy atom. The number of unbranched alkanes of at least 4 members (excludes halogenated alkanes) is 7. The number of rotatable bonds is 13. The summed E-state index contributed by atoms with van der Waals surface area (Å²) in [4.78, 5) is 0. The summed E-state index contributed by atoms with van der Waals surface area (Å²) in [7, 11) is -3.72. The second-order valence-electron chi connectivity index (χ2n) is 6.93. The minimum absolute atomic E-state index is 0.621. The molecule has 0 aliphatic rings. The summed E-state index contributed by atoms with van der Waals surface area (Å²) in [5.41, 5.74) is 0. The highest BCUT2D eigenvalue weighted by molar-refractivity contribution is 7.19. The molecule has 0 nitrogen and oxygen atoms in total. The van der Waals surface area contributed by atoms with E-state index in [1.54, 1.807) is 0 Å². The molecular weight excluding hydrogens is 334 g/mol. The Morgan fingerprint density at radius 3 is 1.46 bits per heavy atom.